The van der Waals surface area contributed by atoms with Crippen molar-refractivity contribution in [1.82, 2.24) is 15.5 Å². The third-order valence-electron chi connectivity index (χ3n) is 9.60. The van der Waals surface area contributed by atoms with Crippen LogP contribution < -0.4 is 27.8 Å². The van der Waals surface area contributed by atoms with Gasteiger partial charge < -0.3 is 27.8 Å². The van der Waals surface area contributed by atoms with Crippen molar-refractivity contribution in [3.63, 3.8) is 0 Å². The van der Waals surface area contributed by atoms with E-state index in [0.29, 0.717) is 36.3 Å². The van der Waals surface area contributed by atoms with Crippen LogP contribution in [0.1, 0.15) is 75.3 Å². The lowest BCUT2D eigenvalue weighted by Crippen LogP contribution is -2.70. The average Bonchev–Trinajstić information content (AvgIpc) is 3.13. The molecule has 11 nitrogen and oxygen atoms in total. The first kappa shape index (κ1) is 40.4. The van der Waals surface area contributed by atoms with Crippen LogP contribution in [0.15, 0.2) is 73.3 Å². The van der Waals surface area contributed by atoms with E-state index in [0.717, 1.165) is 37.7 Å². The molecule has 0 unspecified atom stereocenters. The number of ketones is 1. The van der Waals surface area contributed by atoms with Gasteiger partial charge in [-0.1, -0.05) is 98.8 Å². The van der Waals surface area contributed by atoms with Crippen LogP contribution in [0.4, 0.5) is 0 Å². The molecule has 271 valence electrons. The number of unbranched alkanes of at least 4 members (excludes halogenated alkanes) is 1. The topological polar surface area (TPSA) is 191 Å². The largest absolute Gasteiger partial charge is 0.345 e. The minimum absolute atomic E-state index is 0.0189. The van der Waals surface area contributed by atoms with E-state index in [1.54, 1.807) is 37.4 Å². The van der Waals surface area contributed by atoms with Gasteiger partial charge in [0.15, 0.2) is 11.3 Å². The van der Waals surface area contributed by atoms with Crippen LogP contribution in [0.5, 0.6) is 0 Å². The van der Waals surface area contributed by atoms with Gasteiger partial charge in [-0.15, -0.1) is 6.58 Å². The number of nitrogens with two attached hydrogens (primary N) is 3. The summed E-state index contributed by atoms with van der Waals surface area (Å²) in [6.45, 7) is 4.01. The van der Waals surface area contributed by atoms with Crippen LogP contribution in [0.2, 0.25) is 0 Å². The Hall–Kier alpha value is -4.03. The number of nitrogens with zero attached hydrogens (tertiary/aromatic N) is 1. The van der Waals surface area contributed by atoms with Crippen LogP contribution in [0.25, 0.3) is 0 Å². The van der Waals surface area contributed by atoms with Crippen molar-refractivity contribution in [2.24, 2.45) is 23.1 Å². The van der Waals surface area contributed by atoms with Crippen molar-refractivity contribution >= 4 is 29.8 Å². The molecule has 0 aliphatic heterocycles. The lowest BCUT2D eigenvalue weighted by atomic mass is 9.79. The highest BCUT2D eigenvalue weighted by Crippen LogP contribution is 2.30. The van der Waals surface area contributed by atoms with Gasteiger partial charge in [0, 0.05) is 6.42 Å². The molecule has 2 aromatic carbocycles. The summed E-state index contributed by atoms with van der Waals surface area (Å²) in [5.41, 5.74) is 17.5. The Bertz CT molecular complexity index is 1400. The summed E-state index contributed by atoms with van der Waals surface area (Å²) >= 11 is 0. The van der Waals surface area contributed by atoms with E-state index in [4.69, 9.17) is 17.2 Å². The third kappa shape index (κ3) is 11.0. The van der Waals surface area contributed by atoms with E-state index in [-0.39, 0.29) is 31.6 Å². The van der Waals surface area contributed by atoms with E-state index >= 15 is 4.79 Å². The van der Waals surface area contributed by atoms with Crippen molar-refractivity contribution in [2.75, 3.05) is 13.6 Å². The Kier molecular flexibility index (Phi) is 16.6. The van der Waals surface area contributed by atoms with Crippen molar-refractivity contribution in [3.05, 3.63) is 84.4 Å². The van der Waals surface area contributed by atoms with Gasteiger partial charge in [0.25, 0.3) is 0 Å². The SMILES string of the molecule is C=CC[C@H](N)C(=O)N(C(=O)[C@H](N)CC1CCCCC1)[C@]([C]=O)(Cc1ccccc1)C(=O)[C@H](CCCCN)NC(=O)[C@H](Cc1ccccc1)NC. The molecule has 5 atom stereocenters. The molecule has 0 heterocycles. The van der Waals surface area contributed by atoms with Crippen molar-refractivity contribution in [2.45, 2.75) is 107 Å². The fourth-order valence-electron chi connectivity index (χ4n) is 6.78. The zero-order valence-electron chi connectivity index (χ0n) is 29.4. The van der Waals surface area contributed by atoms with Gasteiger partial charge in [-0.3, -0.25) is 28.9 Å². The van der Waals surface area contributed by atoms with Crippen LogP contribution in [-0.2, 0) is 36.8 Å². The minimum Gasteiger partial charge on any atom is -0.345 e. The molecule has 1 aliphatic carbocycles. The zero-order valence-corrected chi connectivity index (χ0v) is 29.4. The standard InChI is InChI=1S/C39H55N6O5/c1-3-15-31(41)37(49)45(38(50)32(42)24-28-16-7-4-8-17-28)39(27-46,26-30-20-11-6-12-21-30)35(47)33(22-13-14-23-40)44-36(48)34(43-2)25-29-18-9-5-10-19-29/h3,5-6,9-12,18-21,28,31-34,43H,1,4,7-8,13-17,22-26,40-42H2,2H3,(H,44,48)/t31-,32+,33-,34-,39-/m0/s1. The molecule has 3 amide bonds. The Labute approximate surface area is 296 Å². The van der Waals surface area contributed by atoms with E-state index < -0.39 is 53.2 Å². The molecular weight excluding hydrogens is 632 g/mol. The highest BCUT2D eigenvalue weighted by atomic mass is 16.2. The highest BCUT2D eigenvalue weighted by Gasteiger charge is 2.54. The first-order chi connectivity index (χ1) is 24.1. The fraction of sp³-hybridized carbons (Fsp3) is 0.513. The molecule has 1 saturated carbocycles. The summed E-state index contributed by atoms with van der Waals surface area (Å²) in [6, 6.07) is 13.5. The first-order valence-corrected chi connectivity index (χ1v) is 17.8. The molecule has 0 spiro atoms. The molecule has 8 N–H and O–H groups in total. The van der Waals surface area contributed by atoms with Gasteiger partial charge in [0.05, 0.1) is 24.2 Å². The smallest absolute Gasteiger partial charge is 0.247 e. The van der Waals surface area contributed by atoms with E-state index in [1.807, 2.05) is 36.6 Å². The van der Waals surface area contributed by atoms with E-state index in [1.165, 1.54) is 6.08 Å². The number of rotatable bonds is 21. The number of hydrogen-bond donors (Lipinski definition) is 5. The normalized spacial score (nSPS) is 17.0. The van der Waals surface area contributed by atoms with Crippen LogP contribution in [-0.4, -0.2) is 78.0 Å². The average molecular weight is 688 g/mol. The van der Waals surface area contributed by atoms with Gasteiger partial charge >= 0.3 is 0 Å². The number of likely N-dealkylation sites (N-methyl/N-ethyl adjacent to an activating group) is 1. The molecule has 2 aromatic rings. The number of nitrogens with one attached hydrogen (secondary N) is 2. The second-order valence-corrected chi connectivity index (χ2v) is 13.4. The van der Waals surface area contributed by atoms with E-state index in [9.17, 15) is 19.2 Å². The summed E-state index contributed by atoms with van der Waals surface area (Å²) < 4.78 is 0. The van der Waals surface area contributed by atoms with Gasteiger partial charge in [-0.05, 0) is 69.2 Å². The number of benzene rings is 2. The molecule has 0 aromatic heterocycles. The molecule has 0 saturated heterocycles. The zero-order chi connectivity index (χ0) is 36.5. The molecular formula is C39H55N6O5. The number of imide groups is 1. The second-order valence-electron chi connectivity index (χ2n) is 13.4. The Morgan fingerprint density at radius 2 is 1.52 bits per heavy atom. The summed E-state index contributed by atoms with van der Waals surface area (Å²) in [5, 5.41) is 5.87. The summed E-state index contributed by atoms with van der Waals surface area (Å²) in [4.78, 5) is 71.8. The third-order valence-corrected chi connectivity index (χ3v) is 9.60. The molecule has 3 rings (SSSR count). The van der Waals surface area contributed by atoms with Crippen LogP contribution >= 0.6 is 0 Å². The maximum atomic E-state index is 15.1. The van der Waals surface area contributed by atoms with Gasteiger partial charge in [0.2, 0.25) is 24.0 Å². The van der Waals surface area contributed by atoms with Crippen molar-refractivity contribution < 1.29 is 24.0 Å². The monoisotopic (exact) mass is 687 g/mol. The maximum Gasteiger partial charge on any atom is 0.247 e. The number of carbonyl (C=O) groups excluding carboxylic acids is 5. The van der Waals surface area contributed by atoms with Crippen LogP contribution in [0.3, 0.4) is 0 Å². The molecule has 1 radical (unpaired) electrons. The Morgan fingerprint density at radius 3 is 2.08 bits per heavy atom. The van der Waals surface area contributed by atoms with Crippen molar-refractivity contribution in [3.8, 4) is 0 Å². The predicted octanol–water partition coefficient (Wildman–Crippen LogP) is 2.65. The number of hydrogen-bond acceptors (Lipinski definition) is 9. The molecule has 50 heavy (non-hydrogen) atoms. The van der Waals surface area contributed by atoms with Gasteiger partial charge in [-0.25, -0.2) is 0 Å². The van der Waals surface area contributed by atoms with Gasteiger partial charge in [-0.2, -0.15) is 0 Å². The van der Waals surface area contributed by atoms with Gasteiger partial charge in [0.1, 0.15) is 0 Å². The number of carbonyl (C=O) groups is 4. The first-order valence-electron chi connectivity index (χ1n) is 17.8. The molecule has 0 bridgehead atoms. The maximum absolute atomic E-state index is 15.1. The number of Topliss-reactive ketones (excluding diaryl/α,β-unsaturated/α-hetero) is 1. The summed E-state index contributed by atoms with van der Waals surface area (Å²) in [5.74, 6) is -2.99. The predicted molar refractivity (Wildman–Crippen MR) is 195 cm³/mol. The Balaban J connectivity index is 2.13. The fourth-order valence-corrected chi connectivity index (χ4v) is 6.78. The van der Waals surface area contributed by atoms with E-state index in [2.05, 4.69) is 17.2 Å². The number of amides is 3. The quantitative estimate of drug-likeness (QED) is 0.0746. The summed E-state index contributed by atoms with van der Waals surface area (Å²) in [6.07, 6.45) is 9.49. The minimum atomic E-state index is -2.49. The lowest BCUT2D eigenvalue weighted by molar-refractivity contribution is -0.157. The second kappa shape index (κ2) is 20.6. The highest BCUT2D eigenvalue weighted by molar-refractivity contribution is 6.15. The lowest BCUT2D eigenvalue weighted by Gasteiger charge is -2.41. The van der Waals surface area contributed by atoms with Crippen LogP contribution in [0, 0.1) is 5.92 Å². The summed E-state index contributed by atoms with van der Waals surface area (Å²) in [7, 11) is 1.64. The molecule has 1 fully saturated rings. The van der Waals surface area contributed by atoms with Crippen molar-refractivity contribution in [1.29, 1.82) is 0 Å². The molecule has 11 heteroatoms. The Morgan fingerprint density at radius 1 is 0.920 bits per heavy atom. The molecule has 1 aliphatic rings.